The van der Waals surface area contributed by atoms with Crippen molar-refractivity contribution in [2.24, 2.45) is 7.05 Å². The van der Waals surface area contributed by atoms with E-state index in [1.807, 2.05) is 0 Å². The minimum Gasteiger partial charge on any atom is -0.505 e. The van der Waals surface area contributed by atoms with E-state index >= 15 is 0 Å². The summed E-state index contributed by atoms with van der Waals surface area (Å²) in [5.41, 5.74) is -0.669. The fraction of sp³-hybridized carbons (Fsp3) is 0.182. The van der Waals surface area contributed by atoms with Crippen LogP contribution < -0.4 is 10.9 Å². The van der Waals surface area contributed by atoms with Gasteiger partial charge in [-0.25, -0.2) is 0 Å². The maximum absolute atomic E-state index is 12.1. The van der Waals surface area contributed by atoms with Crippen molar-refractivity contribution in [2.45, 2.75) is 0 Å². The summed E-state index contributed by atoms with van der Waals surface area (Å²) in [4.78, 5) is 34.3. The van der Waals surface area contributed by atoms with E-state index in [9.17, 15) is 19.5 Å². The van der Waals surface area contributed by atoms with Crippen LogP contribution in [0.3, 0.4) is 0 Å². The van der Waals surface area contributed by atoms with E-state index < -0.39 is 35.3 Å². The van der Waals surface area contributed by atoms with Gasteiger partial charge < -0.3 is 20.1 Å². The number of hydrogen-bond acceptors (Lipinski definition) is 5. The van der Waals surface area contributed by atoms with Crippen LogP contribution in [0.5, 0.6) is 5.75 Å². The van der Waals surface area contributed by atoms with Gasteiger partial charge in [0.1, 0.15) is 12.1 Å². The predicted molar refractivity (Wildman–Crippen MR) is 76.4 cm³/mol. The zero-order chi connectivity index (χ0) is 15.0. The van der Waals surface area contributed by atoms with E-state index in [4.69, 9.17) is 5.11 Å². The summed E-state index contributed by atoms with van der Waals surface area (Å²) >= 11 is 4.41. The highest BCUT2D eigenvalue weighted by atomic mass is 79.9. The number of carbonyl (C=O) groups excluding carboxylic acids is 1. The number of nitrogens with one attached hydrogen (secondary N) is 1. The largest absolute Gasteiger partial charge is 0.505 e. The number of carboxylic acids is 1. The van der Waals surface area contributed by atoms with Gasteiger partial charge in [0.2, 0.25) is 0 Å². The molecule has 0 aliphatic rings. The summed E-state index contributed by atoms with van der Waals surface area (Å²) in [6, 6.07) is 1.65. The minimum absolute atomic E-state index is 0.374. The third kappa shape index (κ3) is 2.41. The van der Waals surface area contributed by atoms with Crippen molar-refractivity contribution in [3.63, 3.8) is 0 Å². The van der Waals surface area contributed by atoms with Crippen LogP contribution in [0, 0.1) is 0 Å². The van der Waals surface area contributed by atoms with Crippen molar-refractivity contribution in [3.8, 4) is 5.75 Å². The summed E-state index contributed by atoms with van der Waals surface area (Å²) in [5.74, 6) is -2.60. The summed E-state index contributed by atoms with van der Waals surface area (Å²) in [5, 5.41) is 20.6. The molecule has 0 unspecified atom stereocenters. The molecule has 0 fully saturated rings. The quantitative estimate of drug-likeness (QED) is 0.752. The van der Waals surface area contributed by atoms with Crippen LogP contribution in [0.1, 0.15) is 10.4 Å². The molecule has 0 bridgehead atoms. The van der Waals surface area contributed by atoms with Crippen molar-refractivity contribution < 1.29 is 19.8 Å². The van der Waals surface area contributed by atoms with Crippen LogP contribution in [0.2, 0.25) is 0 Å². The molecule has 0 radical (unpaired) electrons. The Morgan fingerprint density at radius 3 is 2.75 bits per heavy atom. The molecule has 0 atom stereocenters. The Kier molecular flexibility index (Phi) is 3.82. The Hall–Kier alpha value is -1.87. The molecule has 2 rings (SSSR count). The van der Waals surface area contributed by atoms with Gasteiger partial charge in [0.05, 0.1) is 14.0 Å². The summed E-state index contributed by atoms with van der Waals surface area (Å²) in [7, 11) is 1.47. The number of pyridine rings is 1. The topological polar surface area (TPSA) is 109 Å². The van der Waals surface area contributed by atoms with Crippen molar-refractivity contribution in [2.75, 3.05) is 6.54 Å². The molecule has 7 nitrogen and oxygen atoms in total. The Labute approximate surface area is 124 Å². The molecule has 1 amide bonds. The molecule has 0 saturated heterocycles. The molecular weight excluding hydrogens is 352 g/mol. The van der Waals surface area contributed by atoms with Gasteiger partial charge in [0.15, 0.2) is 5.75 Å². The number of fused-ring (bicyclic) bond motifs is 1. The molecule has 9 heteroatoms. The lowest BCUT2D eigenvalue weighted by atomic mass is 10.2. The number of aliphatic carboxylic acids is 1. The van der Waals surface area contributed by atoms with Gasteiger partial charge in [-0.1, -0.05) is 0 Å². The number of aromatic hydroxyl groups is 1. The van der Waals surface area contributed by atoms with Gasteiger partial charge in [-0.3, -0.25) is 14.4 Å². The number of amides is 1. The van der Waals surface area contributed by atoms with Crippen molar-refractivity contribution in [1.82, 2.24) is 9.88 Å². The standard InChI is InChI=1S/C11H9BrN2O5S/c1-14-4-2-5(12)20-9(4)8(17)7(11(14)19)10(18)13-3-6(15)16/h2,17H,3H2,1H3,(H,13,18)(H,15,16). The van der Waals surface area contributed by atoms with Gasteiger partial charge in [-0.05, 0) is 22.0 Å². The second kappa shape index (κ2) is 5.25. The minimum atomic E-state index is -1.24. The number of aryl methyl sites for hydroxylation is 1. The zero-order valence-electron chi connectivity index (χ0n) is 10.1. The average molecular weight is 361 g/mol. The zero-order valence-corrected chi connectivity index (χ0v) is 12.5. The first-order valence-electron chi connectivity index (χ1n) is 5.34. The second-order valence-corrected chi connectivity index (χ2v) is 6.36. The third-order valence-electron chi connectivity index (χ3n) is 2.64. The van der Waals surface area contributed by atoms with Gasteiger partial charge >= 0.3 is 5.97 Å². The number of halogens is 1. The van der Waals surface area contributed by atoms with Crippen LogP contribution in [0.15, 0.2) is 14.6 Å². The van der Waals surface area contributed by atoms with E-state index in [1.54, 1.807) is 6.07 Å². The van der Waals surface area contributed by atoms with Crippen molar-refractivity contribution in [3.05, 3.63) is 25.8 Å². The molecule has 0 saturated carbocycles. The maximum atomic E-state index is 12.1. The molecule has 0 spiro atoms. The molecule has 106 valence electrons. The molecule has 0 aliphatic carbocycles. The molecule has 2 aromatic rings. The monoisotopic (exact) mass is 360 g/mol. The molecular formula is C11H9BrN2O5S. The Balaban J connectivity index is 2.61. The molecule has 2 heterocycles. The maximum Gasteiger partial charge on any atom is 0.322 e. The van der Waals surface area contributed by atoms with Crippen molar-refractivity contribution in [1.29, 1.82) is 0 Å². The van der Waals surface area contributed by atoms with E-state index in [0.29, 0.717) is 14.0 Å². The Morgan fingerprint density at radius 1 is 1.50 bits per heavy atom. The smallest absolute Gasteiger partial charge is 0.322 e. The van der Waals surface area contributed by atoms with Gasteiger partial charge in [0.25, 0.3) is 11.5 Å². The third-order valence-corrected chi connectivity index (χ3v) is 4.28. The SMILES string of the molecule is Cn1c(=O)c(C(=O)NCC(=O)O)c(O)c2sc(Br)cc21. The number of aromatic nitrogens is 1. The van der Waals surface area contributed by atoms with Crippen LogP contribution in [0.4, 0.5) is 0 Å². The fourth-order valence-electron chi connectivity index (χ4n) is 1.71. The molecule has 0 aromatic carbocycles. The first-order valence-corrected chi connectivity index (χ1v) is 6.95. The first kappa shape index (κ1) is 14.5. The van der Waals surface area contributed by atoms with E-state index in [-0.39, 0.29) is 0 Å². The normalized spacial score (nSPS) is 10.7. The highest BCUT2D eigenvalue weighted by Crippen LogP contribution is 2.35. The lowest BCUT2D eigenvalue weighted by Gasteiger charge is -2.08. The number of carboxylic acid groups (broad SMARTS) is 1. The number of hydrogen-bond donors (Lipinski definition) is 3. The highest BCUT2D eigenvalue weighted by molar-refractivity contribution is 9.11. The lowest BCUT2D eigenvalue weighted by Crippen LogP contribution is -2.35. The molecule has 2 aromatic heterocycles. The first-order chi connectivity index (χ1) is 9.32. The summed E-state index contributed by atoms with van der Waals surface area (Å²) in [6.45, 7) is -0.631. The van der Waals surface area contributed by atoms with E-state index in [0.717, 1.165) is 0 Å². The Bertz CT molecular complexity index is 779. The van der Waals surface area contributed by atoms with Crippen molar-refractivity contribution >= 4 is 49.4 Å². The lowest BCUT2D eigenvalue weighted by molar-refractivity contribution is -0.135. The van der Waals surface area contributed by atoms with E-state index in [1.165, 1.54) is 23.0 Å². The van der Waals surface area contributed by atoms with Crippen LogP contribution in [-0.4, -0.2) is 33.2 Å². The highest BCUT2D eigenvalue weighted by Gasteiger charge is 2.22. The number of thiophene rings is 1. The van der Waals surface area contributed by atoms with Crippen LogP contribution in [0.25, 0.3) is 10.2 Å². The number of carbonyl (C=O) groups is 2. The van der Waals surface area contributed by atoms with Crippen LogP contribution >= 0.6 is 27.3 Å². The fourth-order valence-corrected chi connectivity index (χ4v) is 3.28. The number of rotatable bonds is 3. The predicted octanol–water partition coefficient (Wildman–Crippen LogP) is 0.883. The van der Waals surface area contributed by atoms with Crippen LogP contribution in [-0.2, 0) is 11.8 Å². The summed E-state index contributed by atoms with van der Waals surface area (Å²) in [6.07, 6.45) is 0. The van der Waals surface area contributed by atoms with E-state index in [2.05, 4.69) is 21.2 Å². The van der Waals surface area contributed by atoms with Gasteiger partial charge in [-0.15, -0.1) is 11.3 Å². The average Bonchev–Trinajstić information content (AvgIpc) is 2.76. The summed E-state index contributed by atoms with van der Waals surface area (Å²) < 4.78 is 2.30. The molecule has 20 heavy (non-hydrogen) atoms. The number of nitrogens with zero attached hydrogens (tertiary/aromatic N) is 1. The Morgan fingerprint density at radius 2 is 2.15 bits per heavy atom. The molecule has 3 N–H and O–H groups in total. The molecule has 0 aliphatic heterocycles. The van der Waals surface area contributed by atoms with Gasteiger partial charge in [0, 0.05) is 7.05 Å². The van der Waals surface area contributed by atoms with Gasteiger partial charge in [-0.2, -0.15) is 0 Å². The second-order valence-electron chi connectivity index (χ2n) is 3.93.